The Balaban J connectivity index is 1.46. The van der Waals surface area contributed by atoms with Crippen molar-refractivity contribution in [2.75, 3.05) is 27.8 Å². The van der Waals surface area contributed by atoms with E-state index in [9.17, 15) is 0 Å². The minimum Gasteiger partial charge on any atom is -0.497 e. The number of methoxy groups -OCH3 is 2. The van der Waals surface area contributed by atoms with Crippen LogP contribution in [0.3, 0.4) is 0 Å². The van der Waals surface area contributed by atoms with Crippen LogP contribution < -0.4 is 20.1 Å². The van der Waals surface area contributed by atoms with E-state index in [1.165, 1.54) is 0 Å². The number of ether oxygens (including phenoxy) is 3. The van der Waals surface area contributed by atoms with Crippen LogP contribution in [0.15, 0.2) is 29.3 Å². The summed E-state index contributed by atoms with van der Waals surface area (Å²) in [5.41, 5.74) is 0. The minimum atomic E-state index is -0.0215. The number of rotatable bonds is 8. The molecule has 0 aliphatic carbocycles. The van der Waals surface area contributed by atoms with Gasteiger partial charge in [-0.25, -0.2) is 9.67 Å². The standard InChI is InChI=1S/C20H30N6O3/c1-14(29-17-8-6-16(28-4)7-9-17)11-22-20(21-2)23-15-5-10-19-24-18(13-27-3)25-26(19)12-15/h6-9,14-15H,5,10-13H2,1-4H3,(H2,21,22,23). The summed E-state index contributed by atoms with van der Waals surface area (Å²) in [6, 6.07) is 7.81. The zero-order valence-corrected chi connectivity index (χ0v) is 17.5. The van der Waals surface area contributed by atoms with E-state index in [-0.39, 0.29) is 12.1 Å². The van der Waals surface area contributed by atoms with E-state index in [0.717, 1.165) is 48.5 Å². The Bertz CT molecular complexity index is 805. The molecule has 2 atom stereocenters. The van der Waals surface area contributed by atoms with Gasteiger partial charge in [0.2, 0.25) is 0 Å². The number of benzene rings is 1. The first kappa shape index (κ1) is 20.9. The van der Waals surface area contributed by atoms with Gasteiger partial charge in [0.05, 0.1) is 20.2 Å². The summed E-state index contributed by atoms with van der Waals surface area (Å²) in [5, 5.41) is 11.3. The van der Waals surface area contributed by atoms with E-state index in [1.54, 1.807) is 21.3 Å². The fraction of sp³-hybridized carbons (Fsp3) is 0.550. The molecule has 2 N–H and O–H groups in total. The van der Waals surface area contributed by atoms with Crippen molar-refractivity contribution < 1.29 is 14.2 Å². The van der Waals surface area contributed by atoms with Crippen molar-refractivity contribution >= 4 is 5.96 Å². The van der Waals surface area contributed by atoms with Crippen LogP contribution in [-0.2, 0) is 24.3 Å². The molecule has 0 amide bonds. The molecule has 0 fully saturated rings. The average molecular weight is 402 g/mol. The molecule has 1 aromatic heterocycles. The van der Waals surface area contributed by atoms with Crippen molar-refractivity contribution in [3.8, 4) is 11.5 Å². The maximum atomic E-state index is 5.94. The van der Waals surface area contributed by atoms with Gasteiger partial charge in [0.15, 0.2) is 11.8 Å². The molecular weight excluding hydrogens is 372 g/mol. The highest BCUT2D eigenvalue weighted by molar-refractivity contribution is 5.80. The van der Waals surface area contributed by atoms with Gasteiger partial charge in [0, 0.05) is 26.6 Å². The highest BCUT2D eigenvalue weighted by Gasteiger charge is 2.22. The zero-order chi connectivity index (χ0) is 20.6. The lowest BCUT2D eigenvalue weighted by atomic mass is 10.1. The number of aryl methyl sites for hydroxylation is 1. The number of nitrogens with one attached hydrogen (secondary N) is 2. The maximum Gasteiger partial charge on any atom is 0.191 e. The van der Waals surface area contributed by atoms with Gasteiger partial charge in [0.25, 0.3) is 0 Å². The number of aromatic nitrogens is 3. The third-order valence-electron chi connectivity index (χ3n) is 4.69. The smallest absolute Gasteiger partial charge is 0.191 e. The van der Waals surface area contributed by atoms with Gasteiger partial charge in [0.1, 0.15) is 30.0 Å². The molecule has 3 rings (SSSR count). The fourth-order valence-corrected chi connectivity index (χ4v) is 3.23. The second-order valence-electron chi connectivity index (χ2n) is 7.00. The Morgan fingerprint density at radius 2 is 2.03 bits per heavy atom. The molecule has 0 saturated carbocycles. The number of aliphatic imine (C=N–C) groups is 1. The number of nitrogens with zero attached hydrogens (tertiary/aromatic N) is 4. The quantitative estimate of drug-likeness (QED) is 0.509. The molecule has 0 bridgehead atoms. The Hall–Kier alpha value is -2.81. The third kappa shape index (κ3) is 5.83. The molecule has 2 heterocycles. The van der Waals surface area contributed by atoms with Crippen molar-refractivity contribution in [2.45, 2.75) is 45.1 Å². The summed E-state index contributed by atoms with van der Waals surface area (Å²) in [6.45, 7) is 3.84. The van der Waals surface area contributed by atoms with E-state index < -0.39 is 0 Å². The number of fused-ring (bicyclic) bond motifs is 1. The molecule has 9 heteroatoms. The van der Waals surface area contributed by atoms with Crippen molar-refractivity contribution in [3.05, 3.63) is 35.9 Å². The first-order chi connectivity index (χ1) is 14.1. The van der Waals surface area contributed by atoms with Crippen LogP contribution in [0.5, 0.6) is 11.5 Å². The van der Waals surface area contributed by atoms with Crippen LogP contribution in [0.1, 0.15) is 25.0 Å². The highest BCUT2D eigenvalue weighted by Crippen LogP contribution is 2.18. The normalized spacial score (nSPS) is 17.4. The Labute approximate surface area is 171 Å². The molecule has 1 aromatic carbocycles. The van der Waals surface area contributed by atoms with E-state index in [0.29, 0.717) is 13.2 Å². The third-order valence-corrected chi connectivity index (χ3v) is 4.69. The highest BCUT2D eigenvalue weighted by atomic mass is 16.5. The number of hydrogen-bond acceptors (Lipinski definition) is 6. The lowest BCUT2D eigenvalue weighted by molar-refractivity contribution is 0.177. The van der Waals surface area contributed by atoms with Crippen molar-refractivity contribution in [1.29, 1.82) is 0 Å². The summed E-state index contributed by atoms with van der Waals surface area (Å²) in [5.74, 6) is 4.11. The summed E-state index contributed by atoms with van der Waals surface area (Å²) in [7, 11) is 5.07. The van der Waals surface area contributed by atoms with Gasteiger partial charge in [-0.3, -0.25) is 4.99 Å². The monoisotopic (exact) mass is 402 g/mol. The second kappa shape index (κ2) is 10.1. The predicted molar refractivity (Wildman–Crippen MR) is 110 cm³/mol. The van der Waals surface area contributed by atoms with Crippen LogP contribution >= 0.6 is 0 Å². The first-order valence-corrected chi connectivity index (χ1v) is 9.80. The molecule has 158 valence electrons. The van der Waals surface area contributed by atoms with E-state index in [4.69, 9.17) is 14.2 Å². The van der Waals surface area contributed by atoms with Gasteiger partial charge < -0.3 is 24.8 Å². The summed E-state index contributed by atoms with van der Waals surface area (Å²) >= 11 is 0. The Morgan fingerprint density at radius 3 is 2.72 bits per heavy atom. The molecule has 29 heavy (non-hydrogen) atoms. The van der Waals surface area contributed by atoms with Gasteiger partial charge >= 0.3 is 0 Å². The molecule has 0 spiro atoms. The van der Waals surface area contributed by atoms with Gasteiger partial charge in [-0.15, -0.1) is 0 Å². The van der Waals surface area contributed by atoms with Gasteiger partial charge in [-0.05, 0) is 37.6 Å². The maximum absolute atomic E-state index is 5.94. The van der Waals surface area contributed by atoms with Crippen molar-refractivity contribution in [2.24, 2.45) is 4.99 Å². The fourth-order valence-electron chi connectivity index (χ4n) is 3.23. The topological polar surface area (TPSA) is 94.8 Å². The first-order valence-electron chi connectivity index (χ1n) is 9.80. The number of guanidine groups is 1. The molecular formula is C20H30N6O3. The van der Waals surface area contributed by atoms with Crippen LogP contribution in [0.4, 0.5) is 0 Å². The predicted octanol–water partition coefficient (Wildman–Crippen LogP) is 1.38. The Morgan fingerprint density at radius 1 is 1.28 bits per heavy atom. The molecule has 1 aliphatic rings. The van der Waals surface area contributed by atoms with Crippen molar-refractivity contribution in [1.82, 2.24) is 25.4 Å². The summed E-state index contributed by atoms with van der Waals surface area (Å²) in [4.78, 5) is 8.84. The molecule has 9 nitrogen and oxygen atoms in total. The van der Waals surface area contributed by atoms with Crippen LogP contribution in [0, 0.1) is 0 Å². The Kier molecular flexibility index (Phi) is 7.29. The summed E-state index contributed by atoms with van der Waals surface area (Å²) < 4.78 is 18.2. The lowest BCUT2D eigenvalue weighted by Crippen LogP contribution is -2.48. The average Bonchev–Trinajstić information content (AvgIpc) is 3.13. The van der Waals surface area contributed by atoms with E-state index in [2.05, 4.69) is 25.7 Å². The summed E-state index contributed by atoms with van der Waals surface area (Å²) in [6.07, 6.45) is 1.83. The van der Waals surface area contributed by atoms with Gasteiger partial charge in [-0.1, -0.05) is 0 Å². The molecule has 0 radical (unpaired) electrons. The van der Waals surface area contributed by atoms with Crippen LogP contribution in [0.25, 0.3) is 0 Å². The molecule has 1 aliphatic heterocycles. The molecule has 2 aromatic rings. The molecule has 2 unspecified atom stereocenters. The minimum absolute atomic E-state index is 0.0215. The molecule has 0 saturated heterocycles. The van der Waals surface area contributed by atoms with Crippen LogP contribution in [-0.4, -0.2) is 60.7 Å². The van der Waals surface area contributed by atoms with Gasteiger partial charge in [-0.2, -0.15) is 5.10 Å². The van der Waals surface area contributed by atoms with Crippen LogP contribution in [0.2, 0.25) is 0 Å². The lowest BCUT2D eigenvalue weighted by Gasteiger charge is -2.26. The van der Waals surface area contributed by atoms with Crippen molar-refractivity contribution in [3.63, 3.8) is 0 Å². The largest absolute Gasteiger partial charge is 0.497 e. The second-order valence-corrected chi connectivity index (χ2v) is 7.00. The zero-order valence-electron chi connectivity index (χ0n) is 17.5. The SMILES string of the molecule is CN=C(NCC(C)Oc1ccc(OC)cc1)NC1CCc2nc(COC)nn2C1. The number of hydrogen-bond donors (Lipinski definition) is 2. The van der Waals surface area contributed by atoms with E-state index >= 15 is 0 Å². The van der Waals surface area contributed by atoms with E-state index in [1.807, 2.05) is 35.9 Å².